The van der Waals surface area contributed by atoms with Gasteiger partial charge >= 0.3 is 5.97 Å². The molecule has 0 aliphatic rings. The predicted molar refractivity (Wildman–Crippen MR) is 62.2 cm³/mol. The van der Waals surface area contributed by atoms with Gasteiger partial charge < -0.3 is 10.5 Å². The molecular weight excluding hydrogens is 206 g/mol. The van der Waals surface area contributed by atoms with E-state index in [1.165, 1.54) is 4.68 Å². The molecule has 0 saturated carbocycles. The number of anilines is 1. The van der Waals surface area contributed by atoms with Crippen molar-refractivity contribution >= 4 is 11.7 Å². The number of unbranched alkanes of at least 4 members (excludes halogenated alkanes) is 2. The molecule has 0 unspecified atom stereocenters. The van der Waals surface area contributed by atoms with Crippen LogP contribution in [0.2, 0.25) is 0 Å². The maximum absolute atomic E-state index is 11.7. The largest absolute Gasteiger partial charge is 0.461 e. The molecule has 0 amide bonds. The van der Waals surface area contributed by atoms with Crippen molar-refractivity contribution in [1.29, 1.82) is 0 Å². The summed E-state index contributed by atoms with van der Waals surface area (Å²) >= 11 is 0. The molecule has 0 fully saturated rings. The molecule has 1 aromatic rings. The van der Waals surface area contributed by atoms with Gasteiger partial charge in [-0.15, -0.1) is 0 Å². The fourth-order valence-electron chi connectivity index (χ4n) is 1.50. The van der Waals surface area contributed by atoms with Crippen LogP contribution in [-0.4, -0.2) is 22.4 Å². The number of nitrogens with two attached hydrogens (primary N) is 1. The molecule has 0 aliphatic carbocycles. The average molecular weight is 225 g/mol. The van der Waals surface area contributed by atoms with Gasteiger partial charge in [0.05, 0.1) is 18.0 Å². The lowest BCUT2D eigenvalue weighted by molar-refractivity contribution is 0.0486. The van der Waals surface area contributed by atoms with Crippen LogP contribution in [0.4, 0.5) is 5.69 Å². The summed E-state index contributed by atoms with van der Waals surface area (Å²) in [5.41, 5.74) is 7.15. The van der Waals surface area contributed by atoms with E-state index in [4.69, 9.17) is 10.5 Å². The smallest absolute Gasteiger partial charge is 0.358 e. The van der Waals surface area contributed by atoms with Crippen molar-refractivity contribution in [2.45, 2.75) is 33.1 Å². The Morgan fingerprint density at radius 1 is 1.50 bits per heavy atom. The van der Waals surface area contributed by atoms with Gasteiger partial charge in [-0.25, -0.2) is 4.79 Å². The van der Waals surface area contributed by atoms with Crippen molar-refractivity contribution in [3.8, 4) is 0 Å². The standard InChI is InChI=1S/C11H19N3O2/c1-4-5-6-7-16-11(15)10-9(12)8(2)13-14(10)3/h4-7,12H2,1-3H3. The van der Waals surface area contributed by atoms with Crippen LogP contribution < -0.4 is 5.73 Å². The minimum atomic E-state index is -0.392. The molecule has 1 rings (SSSR count). The molecule has 1 aromatic heterocycles. The molecule has 0 bridgehead atoms. The molecule has 0 aromatic carbocycles. The number of carbonyl (C=O) groups excluding carboxylic acids is 1. The highest BCUT2D eigenvalue weighted by Gasteiger charge is 2.18. The Labute approximate surface area is 95.6 Å². The number of rotatable bonds is 5. The van der Waals surface area contributed by atoms with Crippen LogP contribution in [0.5, 0.6) is 0 Å². The minimum absolute atomic E-state index is 0.342. The molecule has 0 spiro atoms. The topological polar surface area (TPSA) is 70.1 Å². The van der Waals surface area contributed by atoms with Crippen LogP contribution in [0.25, 0.3) is 0 Å². The van der Waals surface area contributed by atoms with E-state index >= 15 is 0 Å². The van der Waals surface area contributed by atoms with E-state index in [1.54, 1.807) is 14.0 Å². The highest BCUT2D eigenvalue weighted by atomic mass is 16.5. The number of nitrogens with zero attached hydrogens (tertiary/aromatic N) is 2. The molecule has 0 saturated heterocycles. The minimum Gasteiger partial charge on any atom is -0.461 e. The summed E-state index contributed by atoms with van der Waals surface area (Å²) in [6.45, 7) is 4.31. The van der Waals surface area contributed by atoms with Gasteiger partial charge in [0.1, 0.15) is 0 Å². The number of aryl methyl sites for hydroxylation is 2. The lowest BCUT2D eigenvalue weighted by atomic mass is 10.3. The van der Waals surface area contributed by atoms with Crippen LogP contribution in [0.1, 0.15) is 42.4 Å². The quantitative estimate of drug-likeness (QED) is 0.611. The number of hydrogen-bond acceptors (Lipinski definition) is 4. The summed E-state index contributed by atoms with van der Waals surface area (Å²) in [6, 6.07) is 0. The summed E-state index contributed by atoms with van der Waals surface area (Å²) in [7, 11) is 1.69. The number of aromatic nitrogens is 2. The first-order valence-corrected chi connectivity index (χ1v) is 5.54. The second kappa shape index (κ2) is 5.53. The lowest BCUT2D eigenvalue weighted by Gasteiger charge is -2.05. The lowest BCUT2D eigenvalue weighted by Crippen LogP contribution is -2.13. The van der Waals surface area contributed by atoms with E-state index in [0.29, 0.717) is 23.7 Å². The van der Waals surface area contributed by atoms with E-state index < -0.39 is 5.97 Å². The molecule has 5 heteroatoms. The van der Waals surface area contributed by atoms with Gasteiger partial charge in [-0.05, 0) is 13.3 Å². The van der Waals surface area contributed by atoms with Gasteiger partial charge in [-0.3, -0.25) is 4.68 Å². The SMILES string of the molecule is CCCCCOC(=O)c1c(N)c(C)nn1C. The first kappa shape index (κ1) is 12.5. The number of carbonyl (C=O) groups is 1. The van der Waals surface area contributed by atoms with Gasteiger partial charge in [0, 0.05) is 7.05 Å². The molecule has 5 nitrogen and oxygen atoms in total. The van der Waals surface area contributed by atoms with E-state index in [0.717, 1.165) is 19.3 Å². The molecule has 90 valence electrons. The maximum atomic E-state index is 11.7. The number of hydrogen-bond donors (Lipinski definition) is 1. The summed E-state index contributed by atoms with van der Waals surface area (Å²) < 4.78 is 6.59. The Morgan fingerprint density at radius 3 is 2.69 bits per heavy atom. The normalized spacial score (nSPS) is 10.4. The van der Waals surface area contributed by atoms with Crippen molar-refractivity contribution in [3.63, 3.8) is 0 Å². The molecule has 2 N–H and O–H groups in total. The van der Waals surface area contributed by atoms with E-state index in [9.17, 15) is 4.79 Å². The second-order valence-corrected chi connectivity index (χ2v) is 3.81. The van der Waals surface area contributed by atoms with Crippen molar-refractivity contribution in [1.82, 2.24) is 9.78 Å². The van der Waals surface area contributed by atoms with E-state index in [-0.39, 0.29) is 0 Å². The fraction of sp³-hybridized carbons (Fsp3) is 0.636. The number of esters is 1. The molecule has 16 heavy (non-hydrogen) atoms. The molecule has 0 atom stereocenters. The van der Waals surface area contributed by atoms with Gasteiger partial charge in [0.25, 0.3) is 0 Å². The first-order chi connectivity index (χ1) is 7.57. The van der Waals surface area contributed by atoms with E-state index in [1.807, 2.05) is 0 Å². The van der Waals surface area contributed by atoms with Crippen molar-refractivity contribution < 1.29 is 9.53 Å². The zero-order valence-corrected chi connectivity index (χ0v) is 10.1. The zero-order valence-electron chi connectivity index (χ0n) is 10.1. The third kappa shape index (κ3) is 2.74. The summed E-state index contributed by atoms with van der Waals surface area (Å²) in [6.07, 6.45) is 3.05. The highest BCUT2D eigenvalue weighted by Crippen LogP contribution is 2.16. The van der Waals surface area contributed by atoms with Crippen LogP contribution in [-0.2, 0) is 11.8 Å². The zero-order chi connectivity index (χ0) is 12.1. The third-order valence-electron chi connectivity index (χ3n) is 2.44. The van der Waals surface area contributed by atoms with Crippen LogP contribution in [0, 0.1) is 6.92 Å². The summed E-state index contributed by atoms with van der Waals surface area (Å²) in [5, 5.41) is 4.07. The third-order valence-corrected chi connectivity index (χ3v) is 2.44. The predicted octanol–water partition coefficient (Wildman–Crippen LogP) is 1.66. The average Bonchev–Trinajstić information content (AvgIpc) is 2.48. The van der Waals surface area contributed by atoms with Crippen LogP contribution in [0.3, 0.4) is 0 Å². The Morgan fingerprint density at radius 2 is 2.19 bits per heavy atom. The first-order valence-electron chi connectivity index (χ1n) is 5.54. The Hall–Kier alpha value is -1.52. The second-order valence-electron chi connectivity index (χ2n) is 3.81. The van der Waals surface area contributed by atoms with Crippen LogP contribution >= 0.6 is 0 Å². The summed E-state index contributed by atoms with van der Waals surface area (Å²) in [4.78, 5) is 11.7. The van der Waals surface area contributed by atoms with Gasteiger partial charge in [-0.1, -0.05) is 19.8 Å². The maximum Gasteiger partial charge on any atom is 0.358 e. The fourth-order valence-corrected chi connectivity index (χ4v) is 1.50. The van der Waals surface area contributed by atoms with Crippen molar-refractivity contribution in [2.24, 2.45) is 7.05 Å². The summed E-state index contributed by atoms with van der Waals surface area (Å²) in [5.74, 6) is -0.392. The molecule has 0 aliphatic heterocycles. The van der Waals surface area contributed by atoms with Gasteiger partial charge in [-0.2, -0.15) is 5.10 Å². The van der Waals surface area contributed by atoms with Gasteiger partial charge in [0.15, 0.2) is 5.69 Å². The molecule has 0 radical (unpaired) electrons. The molecule has 1 heterocycles. The monoisotopic (exact) mass is 225 g/mol. The Bertz CT molecular complexity index is 372. The highest BCUT2D eigenvalue weighted by molar-refractivity contribution is 5.93. The van der Waals surface area contributed by atoms with E-state index in [2.05, 4.69) is 12.0 Å². The van der Waals surface area contributed by atoms with Crippen LogP contribution in [0.15, 0.2) is 0 Å². The number of nitrogen functional groups attached to an aromatic ring is 1. The van der Waals surface area contributed by atoms with Crippen molar-refractivity contribution in [2.75, 3.05) is 12.3 Å². The van der Waals surface area contributed by atoms with Gasteiger partial charge in [0.2, 0.25) is 0 Å². The van der Waals surface area contributed by atoms with Crippen molar-refractivity contribution in [3.05, 3.63) is 11.4 Å². The molecular formula is C11H19N3O2. The Kier molecular flexibility index (Phi) is 4.34. The number of ether oxygens (including phenoxy) is 1. The Balaban J connectivity index is 2.59.